The second-order valence-corrected chi connectivity index (χ2v) is 4.90. The molecule has 1 fully saturated rings. The van der Waals surface area contributed by atoms with Crippen molar-refractivity contribution in [1.82, 2.24) is 10.1 Å². The molecule has 96 valence electrons. The Morgan fingerprint density at radius 2 is 2.17 bits per heavy atom. The van der Waals surface area contributed by atoms with Crippen LogP contribution in [0.1, 0.15) is 43.3 Å². The van der Waals surface area contributed by atoms with Gasteiger partial charge in [-0.2, -0.15) is 4.98 Å². The highest BCUT2D eigenvalue weighted by molar-refractivity contribution is 5.56. The van der Waals surface area contributed by atoms with Crippen molar-refractivity contribution in [2.75, 3.05) is 0 Å². The molecule has 5 nitrogen and oxygen atoms in total. The van der Waals surface area contributed by atoms with Crippen LogP contribution in [0.15, 0.2) is 21.3 Å². The topological polar surface area (TPSA) is 78.1 Å². The summed E-state index contributed by atoms with van der Waals surface area (Å²) < 4.78 is 10.6. The van der Waals surface area contributed by atoms with Gasteiger partial charge in [0.25, 0.3) is 0 Å². The molecular weight excluding hydrogens is 230 g/mol. The second kappa shape index (κ2) is 4.57. The first-order chi connectivity index (χ1) is 8.75. The molecule has 2 atom stereocenters. The summed E-state index contributed by atoms with van der Waals surface area (Å²) in [4.78, 5) is 4.47. The normalized spacial score (nSPS) is 24.3. The maximum absolute atomic E-state index is 6.12. The number of hydrogen-bond donors (Lipinski definition) is 1. The Balaban J connectivity index is 1.87. The molecule has 5 heteroatoms. The van der Waals surface area contributed by atoms with E-state index in [1.165, 1.54) is 12.8 Å². The van der Waals surface area contributed by atoms with E-state index in [1.54, 1.807) is 6.26 Å². The van der Waals surface area contributed by atoms with Crippen LogP contribution in [-0.4, -0.2) is 16.2 Å². The lowest BCUT2D eigenvalue weighted by molar-refractivity contribution is 0.290. The molecule has 0 aliphatic heterocycles. The first-order valence-electron chi connectivity index (χ1n) is 6.39. The highest BCUT2D eigenvalue weighted by Gasteiger charge is 2.28. The third kappa shape index (κ3) is 1.95. The molecule has 18 heavy (non-hydrogen) atoms. The fraction of sp³-hybridized carbons (Fsp3) is 0.538. The van der Waals surface area contributed by atoms with Crippen LogP contribution in [0, 0.1) is 6.92 Å². The Labute approximate surface area is 105 Å². The number of nitrogens with zero attached hydrogens (tertiary/aromatic N) is 2. The molecule has 0 bridgehead atoms. The van der Waals surface area contributed by atoms with Crippen LogP contribution in [0.5, 0.6) is 0 Å². The zero-order valence-corrected chi connectivity index (χ0v) is 10.4. The molecule has 2 aromatic rings. The van der Waals surface area contributed by atoms with E-state index in [4.69, 9.17) is 14.7 Å². The van der Waals surface area contributed by atoms with Crippen molar-refractivity contribution in [3.05, 3.63) is 24.0 Å². The molecule has 2 N–H and O–H groups in total. The van der Waals surface area contributed by atoms with Gasteiger partial charge in [0.05, 0.1) is 17.7 Å². The summed E-state index contributed by atoms with van der Waals surface area (Å²) in [7, 11) is 0. The number of nitrogens with two attached hydrogens (primary N) is 1. The monoisotopic (exact) mass is 247 g/mol. The fourth-order valence-corrected chi connectivity index (χ4v) is 2.58. The van der Waals surface area contributed by atoms with Gasteiger partial charge in [-0.25, -0.2) is 0 Å². The molecule has 0 amide bonds. The van der Waals surface area contributed by atoms with Gasteiger partial charge >= 0.3 is 0 Å². The van der Waals surface area contributed by atoms with Gasteiger partial charge in [-0.05, 0) is 25.8 Å². The molecule has 0 radical (unpaired) electrons. The third-order valence-corrected chi connectivity index (χ3v) is 3.68. The quantitative estimate of drug-likeness (QED) is 0.882. The van der Waals surface area contributed by atoms with E-state index >= 15 is 0 Å². The lowest BCUT2D eigenvalue weighted by atomic mass is 9.85. The van der Waals surface area contributed by atoms with E-state index in [0.717, 1.165) is 24.2 Å². The van der Waals surface area contributed by atoms with Gasteiger partial charge in [-0.3, -0.25) is 0 Å². The minimum Gasteiger partial charge on any atom is -0.469 e. The van der Waals surface area contributed by atoms with Gasteiger partial charge in [-0.15, -0.1) is 0 Å². The van der Waals surface area contributed by atoms with Crippen molar-refractivity contribution < 1.29 is 8.94 Å². The standard InChI is InChI=1S/C13H17N3O2/c1-8-9(6-7-17-8)12-15-13(18-16-12)10-4-2-3-5-11(10)14/h6-7,10-11H,2-5,14H2,1H3. The third-order valence-electron chi connectivity index (χ3n) is 3.68. The number of rotatable bonds is 2. The molecule has 1 aliphatic carbocycles. The van der Waals surface area contributed by atoms with E-state index in [1.807, 2.05) is 13.0 Å². The largest absolute Gasteiger partial charge is 0.469 e. The molecule has 0 aromatic carbocycles. The lowest BCUT2D eigenvalue weighted by Gasteiger charge is -2.25. The zero-order chi connectivity index (χ0) is 12.5. The van der Waals surface area contributed by atoms with Gasteiger partial charge in [0.2, 0.25) is 11.7 Å². The smallest absolute Gasteiger partial charge is 0.231 e. The molecule has 2 unspecified atom stereocenters. The molecular formula is C13H17N3O2. The van der Waals surface area contributed by atoms with Gasteiger partial charge in [0.1, 0.15) is 5.76 Å². The minimum absolute atomic E-state index is 0.137. The Hall–Kier alpha value is -1.62. The average Bonchev–Trinajstić information content (AvgIpc) is 2.98. The second-order valence-electron chi connectivity index (χ2n) is 4.90. The number of hydrogen-bond acceptors (Lipinski definition) is 5. The van der Waals surface area contributed by atoms with Crippen molar-refractivity contribution in [2.45, 2.75) is 44.6 Å². The first-order valence-corrected chi connectivity index (χ1v) is 6.39. The highest BCUT2D eigenvalue weighted by Crippen LogP contribution is 2.32. The Morgan fingerprint density at radius 1 is 1.33 bits per heavy atom. The van der Waals surface area contributed by atoms with Crippen LogP contribution in [0.25, 0.3) is 11.4 Å². The molecule has 1 aliphatic rings. The average molecular weight is 247 g/mol. The number of aromatic nitrogens is 2. The first kappa shape index (κ1) is 11.5. The fourth-order valence-electron chi connectivity index (χ4n) is 2.58. The zero-order valence-electron chi connectivity index (χ0n) is 10.4. The van der Waals surface area contributed by atoms with Crippen LogP contribution in [-0.2, 0) is 0 Å². The molecule has 3 rings (SSSR count). The maximum Gasteiger partial charge on any atom is 0.231 e. The number of aryl methyl sites for hydroxylation is 1. The molecule has 0 spiro atoms. The van der Waals surface area contributed by atoms with Crippen LogP contribution in [0.4, 0.5) is 0 Å². The predicted molar refractivity (Wildman–Crippen MR) is 65.9 cm³/mol. The SMILES string of the molecule is Cc1occc1-c1noc(C2CCCCC2N)n1. The van der Waals surface area contributed by atoms with Gasteiger partial charge in [0.15, 0.2) is 0 Å². The highest BCUT2D eigenvalue weighted by atomic mass is 16.5. The Kier molecular flexibility index (Phi) is 2.91. The summed E-state index contributed by atoms with van der Waals surface area (Å²) in [5, 5.41) is 4.03. The van der Waals surface area contributed by atoms with E-state index in [9.17, 15) is 0 Å². The van der Waals surface area contributed by atoms with Crippen LogP contribution in [0.3, 0.4) is 0 Å². The van der Waals surface area contributed by atoms with Crippen LogP contribution < -0.4 is 5.73 Å². The van der Waals surface area contributed by atoms with Crippen molar-refractivity contribution in [2.24, 2.45) is 5.73 Å². The van der Waals surface area contributed by atoms with Crippen molar-refractivity contribution in [3.63, 3.8) is 0 Å². The van der Waals surface area contributed by atoms with E-state index in [-0.39, 0.29) is 12.0 Å². The molecule has 2 heterocycles. The van der Waals surface area contributed by atoms with Crippen molar-refractivity contribution in [3.8, 4) is 11.4 Å². The van der Waals surface area contributed by atoms with Crippen molar-refractivity contribution >= 4 is 0 Å². The maximum atomic E-state index is 6.12. The predicted octanol–water partition coefficient (Wildman–Crippen LogP) is 2.62. The number of furan rings is 1. The Bertz CT molecular complexity index is 532. The summed E-state index contributed by atoms with van der Waals surface area (Å²) in [6.07, 6.45) is 6.08. The minimum atomic E-state index is 0.137. The van der Waals surface area contributed by atoms with E-state index in [0.29, 0.717) is 11.7 Å². The Morgan fingerprint density at radius 3 is 2.89 bits per heavy atom. The molecule has 2 aromatic heterocycles. The van der Waals surface area contributed by atoms with Crippen LogP contribution in [0.2, 0.25) is 0 Å². The molecule has 0 saturated heterocycles. The van der Waals surface area contributed by atoms with Gasteiger partial charge in [-0.1, -0.05) is 18.0 Å². The van der Waals surface area contributed by atoms with Gasteiger partial charge in [0, 0.05) is 6.04 Å². The van der Waals surface area contributed by atoms with E-state index in [2.05, 4.69) is 10.1 Å². The summed E-state index contributed by atoms with van der Waals surface area (Å²) in [6, 6.07) is 1.99. The van der Waals surface area contributed by atoms with E-state index < -0.39 is 0 Å². The summed E-state index contributed by atoms with van der Waals surface area (Å²) in [5.41, 5.74) is 7.01. The molecule has 1 saturated carbocycles. The van der Waals surface area contributed by atoms with Crippen molar-refractivity contribution in [1.29, 1.82) is 0 Å². The summed E-state index contributed by atoms with van der Waals surface area (Å²) in [5.74, 6) is 2.26. The summed E-state index contributed by atoms with van der Waals surface area (Å²) >= 11 is 0. The summed E-state index contributed by atoms with van der Waals surface area (Å²) in [6.45, 7) is 1.89. The van der Waals surface area contributed by atoms with Crippen LogP contribution >= 0.6 is 0 Å². The van der Waals surface area contributed by atoms with Gasteiger partial charge < -0.3 is 14.7 Å². The lowest BCUT2D eigenvalue weighted by Crippen LogP contribution is -2.31.